The van der Waals surface area contributed by atoms with Crippen molar-refractivity contribution < 1.29 is 22.7 Å². The molecule has 86 valence electrons. The molecule has 0 fully saturated rings. The van der Waals surface area contributed by atoms with Gasteiger partial charge in [-0.25, -0.2) is 4.79 Å². The Balaban J connectivity index is 0.00000196. The maximum atomic E-state index is 12.2. The SMILES string of the molecule is CCOC(=O)c1cn[nH]c1C(F)(F)F.Cl. The number of hydrogen-bond acceptors (Lipinski definition) is 3. The molecule has 0 saturated heterocycles. The lowest BCUT2D eigenvalue weighted by Crippen LogP contribution is -2.14. The molecular weight excluding hydrogens is 237 g/mol. The van der Waals surface area contributed by atoms with Crippen LogP contribution in [0.5, 0.6) is 0 Å². The highest BCUT2D eigenvalue weighted by atomic mass is 35.5. The topological polar surface area (TPSA) is 55.0 Å². The monoisotopic (exact) mass is 244 g/mol. The van der Waals surface area contributed by atoms with E-state index in [2.05, 4.69) is 9.84 Å². The average molecular weight is 245 g/mol. The zero-order chi connectivity index (χ0) is 10.8. The third kappa shape index (κ3) is 3.12. The average Bonchev–Trinajstić information content (AvgIpc) is 2.50. The van der Waals surface area contributed by atoms with Gasteiger partial charge in [-0.05, 0) is 6.92 Å². The number of hydrogen-bond donors (Lipinski definition) is 1. The van der Waals surface area contributed by atoms with Crippen molar-refractivity contribution in [3.63, 3.8) is 0 Å². The first-order valence-corrected chi connectivity index (χ1v) is 3.74. The van der Waals surface area contributed by atoms with Gasteiger partial charge < -0.3 is 4.74 Å². The van der Waals surface area contributed by atoms with Gasteiger partial charge in [0.25, 0.3) is 0 Å². The molecule has 0 aliphatic carbocycles. The molecule has 1 heterocycles. The summed E-state index contributed by atoms with van der Waals surface area (Å²) in [6, 6.07) is 0. The molecule has 1 rings (SSSR count). The first-order chi connectivity index (χ1) is 6.46. The van der Waals surface area contributed by atoms with Gasteiger partial charge >= 0.3 is 12.1 Å². The fourth-order valence-corrected chi connectivity index (χ4v) is 0.866. The van der Waals surface area contributed by atoms with Gasteiger partial charge in [-0.3, -0.25) is 5.10 Å². The molecule has 1 aromatic rings. The Morgan fingerprint density at radius 1 is 1.60 bits per heavy atom. The summed E-state index contributed by atoms with van der Waals surface area (Å²) in [4.78, 5) is 11.0. The van der Waals surface area contributed by atoms with E-state index in [1.54, 1.807) is 5.10 Å². The van der Waals surface area contributed by atoms with Gasteiger partial charge in [0.15, 0.2) is 5.69 Å². The van der Waals surface area contributed by atoms with Crippen LogP contribution in [-0.4, -0.2) is 22.8 Å². The first-order valence-electron chi connectivity index (χ1n) is 3.74. The Bertz CT molecular complexity index is 337. The maximum absolute atomic E-state index is 12.2. The van der Waals surface area contributed by atoms with Crippen molar-refractivity contribution in [3.8, 4) is 0 Å². The van der Waals surface area contributed by atoms with Crippen molar-refractivity contribution in [1.82, 2.24) is 10.2 Å². The molecule has 15 heavy (non-hydrogen) atoms. The number of nitrogens with zero attached hydrogens (tertiary/aromatic N) is 1. The summed E-state index contributed by atoms with van der Waals surface area (Å²) in [5.74, 6) is -1.03. The molecule has 0 aliphatic rings. The van der Waals surface area contributed by atoms with E-state index < -0.39 is 23.4 Å². The minimum Gasteiger partial charge on any atom is -0.462 e. The maximum Gasteiger partial charge on any atom is 0.433 e. The molecule has 8 heteroatoms. The molecular formula is C7H8ClF3N2O2. The lowest BCUT2D eigenvalue weighted by Gasteiger charge is -2.05. The van der Waals surface area contributed by atoms with E-state index >= 15 is 0 Å². The number of aromatic nitrogens is 2. The van der Waals surface area contributed by atoms with Crippen LogP contribution in [0.15, 0.2) is 6.20 Å². The number of H-pyrrole nitrogens is 1. The first kappa shape index (κ1) is 13.8. The summed E-state index contributed by atoms with van der Waals surface area (Å²) in [5, 5.41) is 4.86. The molecule has 1 aromatic heterocycles. The highest BCUT2D eigenvalue weighted by Crippen LogP contribution is 2.30. The minimum atomic E-state index is -4.63. The van der Waals surface area contributed by atoms with Gasteiger partial charge in [0, 0.05) is 0 Å². The van der Waals surface area contributed by atoms with Crippen molar-refractivity contribution in [2.24, 2.45) is 0 Å². The van der Waals surface area contributed by atoms with Gasteiger partial charge in [0.2, 0.25) is 0 Å². The van der Waals surface area contributed by atoms with Crippen LogP contribution in [0.25, 0.3) is 0 Å². The van der Waals surface area contributed by atoms with E-state index in [0.29, 0.717) is 0 Å². The highest BCUT2D eigenvalue weighted by Gasteiger charge is 2.37. The summed E-state index contributed by atoms with van der Waals surface area (Å²) >= 11 is 0. The van der Waals surface area contributed by atoms with E-state index in [1.165, 1.54) is 6.92 Å². The van der Waals surface area contributed by atoms with Crippen LogP contribution >= 0.6 is 12.4 Å². The number of alkyl halides is 3. The molecule has 0 spiro atoms. The van der Waals surface area contributed by atoms with Gasteiger partial charge in [-0.15, -0.1) is 12.4 Å². The number of carbonyl (C=O) groups excluding carboxylic acids is 1. The number of esters is 1. The normalized spacial score (nSPS) is 10.7. The molecule has 0 bridgehead atoms. The number of ether oxygens (including phenoxy) is 1. The second kappa shape index (κ2) is 5.01. The lowest BCUT2D eigenvalue weighted by molar-refractivity contribution is -0.141. The number of aromatic amines is 1. The predicted octanol–water partition coefficient (Wildman–Crippen LogP) is 2.03. The van der Waals surface area contributed by atoms with E-state index in [9.17, 15) is 18.0 Å². The minimum absolute atomic E-state index is 0. The standard InChI is InChI=1S/C7H7F3N2O2.ClH/c1-2-14-6(13)4-3-11-12-5(4)7(8,9)10;/h3H,2H2,1H3,(H,11,12);1H. The van der Waals surface area contributed by atoms with Gasteiger partial charge in [-0.2, -0.15) is 18.3 Å². The van der Waals surface area contributed by atoms with E-state index in [0.717, 1.165) is 6.20 Å². The zero-order valence-corrected chi connectivity index (χ0v) is 8.41. The van der Waals surface area contributed by atoms with E-state index in [4.69, 9.17) is 0 Å². The van der Waals surface area contributed by atoms with Crippen molar-refractivity contribution in [1.29, 1.82) is 0 Å². The van der Waals surface area contributed by atoms with Crippen LogP contribution in [0.2, 0.25) is 0 Å². The van der Waals surface area contributed by atoms with Gasteiger partial charge in [0.1, 0.15) is 5.56 Å². The summed E-state index contributed by atoms with van der Waals surface area (Å²) in [6.07, 6.45) is -3.83. The summed E-state index contributed by atoms with van der Waals surface area (Å²) < 4.78 is 41.0. The van der Waals surface area contributed by atoms with Crippen molar-refractivity contribution in [2.75, 3.05) is 6.61 Å². The number of nitrogens with one attached hydrogen (secondary N) is 1. The Hall–Kier alpha value is -1.24. The lowest BCUT2D eigenvalue weighted by atomic mass is 10.2. The fraction of sp³-hybridized carbons (Fsp3) is 0.429. The summed E-state index contributed by atoms with van der Waals surface area (Å²) in [6.45, 7) is 1.52. The quantitative estimate of drug-likeness (QED) is 0.810. The summed E-state index contributed by atoms with van der Waals surface area (Å²) in [5.41, 5.74) is -1.78. The van der Waals surface area contributed by atoms with Crippen LogP contribution in [0, 0.1) is 0 Å². The molecule has 0 amide bonds. The number of rotatable bonds is 2. The van der Waals surface area contributed by atoms with Gasteiger partial charge in [-0.1, -0.05) is 0 Å². The van der Waals surface area contributed by atoms with Crippen LogP contribution in [0.1, 0.15) is 23.0 Å². The van der Waals surface area contributed by atoms with E-state index in [-0.39, 0.29) is 19.0 Å². The molecule has 0 radical (unpaired) electrons. The van der Waals surface area contributed by atoms with Crippen LogP contribution < -0.4 is 0 Å². The molecule has 0 unspecified atom stereocenters. The van der Waals surface area contributed by atoms with Crippen molar-refractivity contribution >= 4 is 18.4 Å². The van der Waals surface area contributed by atoms with Gasteiger partial charge in [0.05, 0.1) is 12.8 Å². The molecule has 0 aromatic carbocycles. The third-order valence-corrected chi connectivity index (χ3v) is 1.42. The van der Waals surface area contributed by atoms with E-state index in [1.807, 2.05) is 0 Å². The van der Waals surface area contributed by atoms with Crippen molar-refractivity contribution in [2.45, 2.75) is 13.1 Å². The Morgan fingerprint density at radius 3 is 2.67 bits per heavy atom. The largest absolute Gasteiger partial charge is 0.462 e. The van der Waals surface area contributed by atoms with Crippen molar-refractivity contribution in [3.05, 3.63) is 17.5 Å². The molecule has 1 N–H and O–H groups in total. The Labute approximate surface area is 89.2 Å². The second-order valence-corrected chi connectivity index (χ2v) is 2.38. The fourth-order valence-electron chi connectivity index (χ4n) is 0.866. The predicted molar refractivity (Wildman–Crippen MR) is 46.8 cm³/mol. The number of carbonyl (C=O) groups is 1. The molecule has 0 aliphatic heterocycles. The summed E-state index contributed by atoms with van der Waals surface area (Å²) in [7, 11) is 0. The van der Waals surface area contributed by atoms with Crippen LogP contribution in [-0.2, 0) is 10.9 Å². The molecule has 0 atom stereocenters. The smallest absolute Gasteiger partial charge is 0.433 e. The van der Waals surface area contributed by atoms with Crippen LogP contribution in [0.4, 0.5) is 13.2 Å². The number of halogens is 4. The molecule has 0 saturated carbocycles. The Morgan fingerprint density at radius 2 is 2.20 bits per heavy atom. The second-order valence-electron chi connectivity index (χ2n) is 2.38. The molecule has 4 nitrogen and oxygen atoms in total. The Kier molecular flexibility index (Phi) is 4.60. The highest BCUT2D eigenvalue weighted by molar-refractivity contribution is 5.90. The zero-order valence-electron chi connectivity index (χ0n) is 7.59. The van der Waals surface area contributed by atoms with Crippen LogP contribution in [0.3, 0.4) is 0 Å². The third-order valence-electron chi connectivity index (χ3n) is 1.42.